The topological polar surface area (TPSA) is 59.2 Å². The zero-order chi connectivity index (χ0) is 12.8. The quantitative estimate of drug-likeness (QED) is 0.751. The van der Waals surface area contributed by atoms with Crippen LogP contribution in [0, 0.1) is 11.8 Å². The molecule has 1 aliphatic rings. The van der Waals surface area contributed by atoms with Crippen LogP contribution in [0.1, 0.15) is 15.9 Å². The number of thioether (sulfide) groups is 1. The number of carbonyl (C=O) groups is 1. The van der Waals surface area contributed by atoms with Crippen LogP contribution in [-0.2, 0) is 0 Å². The fraction of sp³-hybridized carbons (Fsp3) is 0.385. The standard InChI is InChI=1S/C13H15N3OS/c14-3-1-2-11-8-12(10-15-9-11)13(17)16-4-6-18-7-5-16/h8-10H,3-7,14H2. The summed E-state index contributed by atoms with van der Waals surface area (Å²) in [7, 11) is 0. The average molecular weight is 261 g/mol. The number of carbonyl (C=O) groups excluding carboxylic acids is 1. The number of amides is 1. The molecule has 1 fully saturated rings. The van der Waals surface area contributed by atoms with Crippen molar-refractivity contribution in [2.24, 2.45) is 5.73 Å². The van der Waals surface area contributed by atoms with Crippen LogP contribution >= 0.6 is 11.8 Å². The zero-order valence-electron chi connectivity index (χ0n) is 10.1. The molecule has 1 aromatic heterocycles. The minimum atomic E-state index is 0.0409. The van der Waals surface area contributed by atoms with Crippen molar-refractivity contribution in [2.45, 2.75) is 0 Å². The average Bonchev–Trinajstić information content (AvgIpc) is 2.45. The van der Waals surface area contributed by atoms with Crippen LogP contribution in [0.25, 0.3) is 0 Å². The Morgan fingerprint density at radius 2 is 2.22 bits per heavy atom. The highest BCUT2D eigenvalue weighted by molar-refractivity contribution is 7.99. The van der Waals surface area contributed by atoms with Crippen molar-refractivity contribution in [3.8, 4) is 11.8 Å². The zero-order valence-corrected chi connectivity index (χ0v) is 10.9. The maximum absolute atomic E-state index is 12.2. The first-order valence-corrected chi connectivity index (χ1v) is 6.98. The molecule has 0 saturated carbocycles. The van der Waals surface area contributed by atoms with Gasteiger partial charge in [0.05, 0.1) is 12.1 Å². The Hall–Kier alpha value is -1.51. The minimum absolute atomic E-state index is 0.0409. The van der Waals surface area contributed by atoms with E-state index in [0.717, 1.165) is 30.2 Å². The van der Waals surface area contributed by atoms with Gasteiger partial charge in [0.1, 0.15) is 0 Å². The third kappa shape index (κ3) is 3.25. The van der Waals surface area contributed by atoms with Crippen LogP contribution in [-0.4, -0.2) is 46.9 Å². The summed E-state index contributed by atoms with van der Waals surface area (Å²) in [5.41, 5.74) is 6.66. The predicted octanol–water partition coefficient (Wildman–Crippen LogP) is 0.581. The molecule has 94 valence electrons. The molecule has 2 rings (SSSR count). The lowest BCUT2D eigenvalue weighted by Crippen LogP contribution is -2.37. The van der Waals surface area contributed by atoms with E-state index in [9.17, 15) is 4.79 Å². The molecular formula is C13H15N3OS. The second kappa shape index (κ2) is 6.43. The second-order valence-electron chi connectivity index (χ2n) is 3.87. The number of hydrogen-bond donors (Lipinski definition) is 1. The Labute approximate surface area is 111 Å². The summed E-state index contributed by atoms with van der Waals surface area (Å²) in [5, 5.41) is 0. The number of hydrogen-bond acceptors (Lipinski definition) is 4. The predicted molar refractivity (Wildman–Crippen MR) is 73.4 cm³/mol. The molecule has 1 aromatic rings. The van der Waals surface area contributed by atoms with Gasteiger partial charge in [0.25, 0.3) is 5.91 Å². The Kier molecular flexibility index (Phi) is 4.62. The third-order valence-corrected chi connectivity index (χ3v) is 3.56. The smallest absolute Gasteiger partial charge is 0.255 e. The molecule has 5 heteroatoms. The highest BCUT2D eigenvalue weighted by Crippen LogP contribution is 2.13. The summed E-state index contributed by atoms with van der Waals surface area (Å²) in [6.45, 7) is 1.92. The van der Waals surface area contributed by atoms with Gasteiger partial charge in [0.2, 0.25) is 0 Å². The Morgan fingerprint density at radius 1 is 1.44 bits per heavy atom. The van der Waals surface area contributed by atoms with E-state index in [1.54, 1.807) is 18.5 Å². The molecule has 18 heavy (non-hydrogen) atoms. The fourth-order valence-corrected chi connectivity index (χ4v) is 2.63. The Morgan fingerprint density at radius 3 is 2.94 bits per heavy atom. The summed E-state index contributed by atoms with van der Waals surface area (Å²) in [6.07, 6.45) is 3.24. The molecule has 4 nitrogen and oxygen atoms in total. The maximum atomic E-state index is 12.2. The van der Waals surface area contributed by atoms with Crippen LogP contribution in [0.5, 0.6) is 0 Å². The highest BCUT2D eigenvalue weighted by atomic mass is 32.2. The van der Waals surface area contributed by atoms with Gasteiger partial charge in [-0.25, -0.2) is 0 Å². The van der Waals surface area contributed by atoms with E-state index in [2.05, 4.69) is 16.8 Å². The first-order chi connectivity index (χ1) is 8.81. The highest BCUT2D eigenvalue weighted by Gasteiger charge is 2.18. The monoisotopic (exact) mass is 261 g/mol. The summed E-state index contributed by atoms with van der Waals surface area (Å²) < 4.78 is 0. The lowest BCUT2D eigenvalue weighted by atomic mass is 10.2. The van der Waals surface area contributed by atoms with Crippen molar-refractivity contribution in [2.75, 3.05) is 31.1 Å². The summed E-state index contributed by atoms with van der Waals surface area (Å²) in [4.78, 5) is 18.2. The van der Waals surface area contributed by atoms with Crippen molar-refractivity contribution >= 4 is 17.7 Å². The molecule has 0 spiro atoms. The molecule has 1 amide bonds. The van der Waals surface area contributed by atoms with Crippen LogP contribution in [0.15, 0.2) is 18.5 Å². The van der Waals surface area contributed by atoms with Crippen molar-refractivity contribution in [1.82, 2.24) is 9.88 Å². The van der Waals surface area contributed by atoms with E-state index in [0.29, 0.717) is 12.1 Å². The first kappa shape index (κ1) is 12.9. The first-order valence-electron chi connectivity index (χ1n) is 5.82. The molecule has 2 N–H and O–H groups in total. The van der Waals surface area contributed by atoms with Crippen LogP contribution in [0.4, 0.5) is 0 Å². The third-order valence-electron chi connectivity index (χ3n) is 2.62. The maximum Gasteiger partial charge on any atom is 0.255 e. The Bertz CT molecular complexity index is 486. The summed E-state index contributed by atoms with van der Waals surface area (Å²) in [5.74, 6) is 7.70. The molecule has 0 aromatic carbocycles. The molecule has 0 aliphatic carbocycles. The van der Waals surface area contributed by atoms with Gasteiger partial charge in [0, 0.05) is 42.6 Å². The van der Waals surface area contributed by atoms with E-state index >= 15 is 0 Å². The molecule has 1 aliphatic heterocycles. The summed E-state index contributed by atoms with van der Waals surface area (Å²) >= 11 is 1.88. The number of pyridine rings is 1. The van der Waals surface area contributed by atoms with Gasteiger partial charge in [0.15, 0.2) is 0 Å². The van der Waals surface area contributed by atoms with Gasteiger partial charge in [-0.3, -0.25) is 9.78 Å². The van der Waals surface area contributed by atoms with Crippen molar-refractivity contribution < 1.29 is 4.79 Å². The van der Waals surface area contributed by atoms with Crippen LogP contribution in [0.3, 0.4) is 0 Å². The normalized spacial score (nSPS) is 14.8. The van der Waals surface area contributed by atoms with E-state index in [1.165, 1.54) is 0 Å². The minimum Gasteiger partial charge on any atom is -0.337 e. The van der Waals surface area contributed by atoms with Gasteiger partial charge in [-0.05, 0) is 6.07 Å². The van der Waals surface area contributed by atoms with E-state index in [1.807, 2.05) is 16.7 Å². The number of nitrogens with two attached hydrogens (primary N) is 1. The van der Waals surface area contributed by atoms with Gasteiger partial charge in [-0.1, -0.05) is 11.8 Å². The van der Waals surface area contributed by atoms with Gasteiger partial charge in [-0.2, -0.15) is 11.8 Å². The van der Waals surface area contributed by atoms with E-state index in [-0.39, 0.29) is 5.91 Å². The SMILES string of the molecule is NCC#Cc1cncc(C(=O)N2CCSCC2)c1. The van der Waals surface area contributed by atoms with Gasteiger partial charge >= 0.3 is 0 Å². The molecule has 2 heterocycles. The van der Waals surface area contributed by atoms with Crippen LogP contribution in [0.2, 0.25) is 0 Å². The Balaban J connectivity index is 2.14. The van der Waals surface area contributed by atoms with Crippen molar-refractivity contribution in [3.63, 3.8) is 0 Å². The fourth-order valence-electron chi connectivity index (χ4n) is 1.73. The van der Waals surface area contributed by atoms with Crippen LogP contribution < -0.4 is 5.73 Å². The lowest BCUT2D eigenvalue weighted by molar-refractivity contribution is 0.0772. The number of nitrogens with zero attached hydrogens (tertiary/aromatic N) is 2. The van der Waals surface area contributed by atoms with Gasteiger partial charge < -0.3 is 10.6 Å². The molecule has 0 bridgehead atoms. The molecular weight excluding hydrogens is 246 g/mol. The second-order valence-corrected chi connectivity index (χ2v) is 5.10. The molecule has 1 saturated heterocycles. The van der Waals surface area contributed by atoms with Crippen molar-refractivity contribution in [1.29, 1.82) is 0 Å². The molecule has 0 unspecified atom stereocenters. The van der Waals surface area contributed by atoms with E-state index < -0.39 is 0 Å². The molecule has 0 radical (unpaired) electrons. The van der Waals surface area contributed by atoms with Gasteiger partial charge in [-0.15, -0.1) is 0 Å². The lowest BCUT2D eigenvalue weighted by Gasteiger charge is -2.26. The van der Waals surface area contributed by atoms with E-state index in [4.69, 9.17) is 5.73 Å². The number of rotatable bonds is 1. The van der Waals surface area contributed by atoms with Crippen molar-refractivity contribution in [3.05, 3.63) is 29.6 Å². The largest absolute Gasteiger partial charge is 0.337 e. The summed E-state index contributed by atoms with van der Waals surface area (Å²) in [6, 6.07) is 1.78. The number of aromatic nitrogens is 1. The molecule has 0 atom stereocenters.